The molecule has 0 spiro atoms. The highest BCUT2D eigenvalue weighted by molar-refractivity contribution is 5.94. The third kappa shape index (κ3) is 5.99. The average Bonchev–Trinajstić information content (AvgIpc) is 2.78. The molecule has 7 nitrogen and oxygen atoms in total. The summed E-state index contributed by atoms with van der Waals surface area (Å²) in [4.78, 5) is 41.1. The molecule has 31 heavy (non-hydrogen) atoms. The van der Waals surface area contributed by atoms with Crippen LogP contribution in [0.3, 0.4) is 0 Å². The number of ether oxygens (including phenoxy) is 1. The quantitative estimate of drug-likeness (QED) is 0.728. The molecule has 3 amide bonds. The fraction of sp³-hybridized carbons (Fsp3) is 0.625. The summed E-state index contributed by atoms with van der Waals surface area (Å²) in [5.41, 5.74) is 1.78. The monoisotopic (exact) mass is 429 g/mol. The number of hydrogen-bond donors (Lipinski definition) is 1. The maximum absolute atomic E-state index is 13.1. The summed E-state index contributed by atoms with van der Waals surface area (Å²) in [5.74, 6) is -0.0242. The standard InChI is InChI=1S/C24H35N3O4/c1-4-31-23(29)18-10-13-26(14-11-18)22(28)20-8-5-7-19(15-20)21-9-6-12-27(16-21)24(30)25-17(2)3/h5,7-8,15,17-18,21H,4,6,9-14,16H2,1-3H3,(H,25,30)/t21-/m0/s1. The first-order valence-corrected chi connectivity index (χ1v) is 11.5. The van der Waals surface area contributed by atoms with Gasteiger partial charge in [-0.25, -0.2) is 4.79 Å². The molecule has 2 saturated heterocycles. The van der Waals surface area contributed by atoms with E-state index in [-0.39, 0.29) is 35.8 Å². The summed E-state index contributed by atoms with van der Waals surface area (Å²) in [6, 6.07) is 7.92. The Balaban J connectivity index is 1.61. The second-order valence-electron chi connectivity index (χ2n) is 8.83. The van der Waals surface area contributed by atoms with Crippen LogP contribution in [0.2, 0.25) is 0 Å². The highest BCUT2D eigenvalue weighted by atomic mass is 16.5. The van der Waals surface area contributed by atoms with Crippen LogP contribution in [0.4, 0.5) is 4.79 Å². The zero-order valence-corrected chi connectivity index (χ0v) is 18.9. The van der Waals surface area contributed by atoms with E-state index in [1.54, 1.807) is 0 Å². The van der Waals surface area contributed by atoms with Crippen LogP contribution in [0.1, 0.15) is 68.3 Å². The number of carbonyl (C=O) groups is 3. The molecule has 2 heterocycles. The van der Waals surface area contributed by atoms with Gasteiger partial charge >= 0.3 is 12.0 Å². The van der Waals surface area contributed by atoms with Gasteiger partial charge in [0.1, 0.15) is 0 Å². The minimum atomic E-state index is -0.153. The van der Waals surface area contributed by atoms with Gasteiger partial charge in [-0.2, -0.15) is 0 Å². The number of nitrogens with one attached hydrogen (secondary N) is 1. The normalized spacial score (nSPS) is 19.9. The van der Waals surface area contributed by atoms with Crippen LogP contribution in [0.15, 0.2) is 24.3 Å². The number of nitrogens with zero attached hydrogens (tertiary/aromatic N) is 2. The first-order valence-electron chi connectivity index (χ1n) is 11.5. The van der Waals surface area contributed by atoms with E-state index < -0.39 is 0 Å². The van der Waals surface area contributed by atoms with E-state index in [9.17, 15) is 14.4 Å². The van der Waals surface area contributed by atoms with Crippen LogP contribution in [-0.2, 0) is 9.53 Å². The molecule has 2 aliphatic rings. The minimum absolute atomic E-state index is 0.00868. The SMILES string of the molecule is CCOC(=O)C1CCN(C(=O)c2cccc([C@H]3CCCN(C(=O)NC(C)C)C3)c2)CC1. The lowest BCUT2D eigenvalue weighted by atomic mass is 9.89. The van der Waals surface area contributed by atoms with Crippen molar-refractivity contribution < 1.29 is 19.1 Å². The number of benzene rings is 1. The van der Waals surface area contributed by atoms with E-state index >= 15 is 0 Å². The van der Waals surface area contributed by atoms with Crippen LogP contribution < -0.4 is 5.32 Å². The van der Waals surface area contributed by atoms with Gasteiger partial charge in [0.15, 0.2) is 0 Å². The molecule has 0 unspecified atom stereocenters. The lowest BCUT2D eigenvalue weighted by Crippen LogP contribution is -2.47. The highest BCUT2D eigenvalue weighted by Crippen LogP contribution is 2.28. The third-order valence-electron chi connectivity index (χ3n) is 6.13. The van der Waals surface area contributed by atoms with Crippen LogP contribution >= 0.6 is 0 Å². The topological polar surface area (TPSA) is 79.0 Å². The van der Waals surface area contributed by atoms with Crippen molar-refractivity contribution in [3.63, 3.8) is 0 Å². The van der Waals surface area contributed by atoms with Crippen molar-refractivity contribution in [2.45, 2.75) is 58.4 Å². The van der Waals surface area contributed by atoms with Gasteiger partial charge in [-0.05, 0) is 64.2 Å². The van der Waals surface area contributed by atoms with Gasteiger partial charge in [-0.3, -0.25) is 9.59 Å². The minimum Gasteiger partial charge on any atom is -0.466 e. The number of piperidine rings is 2. The maximum Gasteiger partial charge on any atom is 0.317 e. The van der Waals surface area contributed by atoms with Crippen molar-refractivity contribution in [3.8, 4) is 0 Å². The largest absolute Gasteiger partial charge is 0.466 e. The van der Waals surface area contributed by atoms with Crippen LogP contribution in [0.25, 0.3) is 0 Å². The first-order chi connectivity index (χ1) is 14.9. The van der Waals surface area contributed by atoms with Gasteiger partial charge in [-0.15, -0.1) is 0 Å². The molecule has 2 aliphatic heterocycles. The molecule has 2 fully saturated rings. The molecular formula is C24H35N3O4. The Kier molecular flexibility index (Phi) is 7.93. The predicted molar refractivity (Wildman–Crippen MR) is 119 cm³/mol. The molecule has 0 aromatic heterocycles. The number of carbonyl (C=O) groups excluding carboxylic acids is 3. The smallest absolute Gasteiger partial charge is 0.317 e. The zero-order valence-electron chi connectivity index (χ0n) is 18.9. The molecular weight excluding hydrogens is 394 g/mol. The van der Waals surface area contributed by atoms with Gasteiger partial charge in [0.2, 0.25) is 0 Å². The molecule has 1 N–H and O–H groups in total. The number of rotatable bonds is 5. The maximum atomic E-state index is 13.1. The van der Waals surface area contributed by atoms with Gasteiger partial charge in [-0.1, -0.05) is 12.1 Å². The molecule has 0 saturated carbocycles. The Bertz CT molecular complexity index is 787. The van der Waals surface area contributed by atoms with Crippen LogP contribution in [-0.4, -0.2) is 66.5 Å². The molecule has 0 radical (unpaired) electrons. The molecule has 170 valence electrons. The van der Waals surface area contributed by atoms with Crippen molar-refractivity contribution in [3.05, 3.63) is 35.4 Å². The third-order valence-corrected chi connectivity index (χ3v) is 6.13. The Morgan fingerprint density at radius 2 is 1.84 bits per heavy atom. The van der Waals surface area contributed by atoms with Crippen LogP contribution in [0, 0.1) is 5.92 Å². The Morgan fingerprint density at radius 3 is 2.52 bits per heavy atom. The summed E-state index contributed by atoms with van der Waals surface area (Å²) in [5, 5.41) is 2.97. The number of hydrogen-bond acceptors (Lipinski definition) is 4. The van der Waals surface area contributed by atoms with E-state index in [1.807, 2.05) is 48.8 Å². The van der Waals surface area contributed by atoms with E-state index in [0.29, 0.717) is 44.6 Å². The van der Waals surface area contributed by atoms with Crippen LogP contribution in [0.5, 0.6) is 0 Å². The highest BCUT2D eigenvalue weighted by Gasteiger charge is 2.29. The summed E-state index contributed by atoms with van der Waals surface area (Å²) in [6.45, 7) is 8.70. The zero-order chi connectivity index (χ0) is 22.4. The van der Waals surface area contributed by atoms with Crippen molar-refractivity contribution in [1.29, 1.82) is 0 Å². The molecule has 1 aromatic rings. The van der Waals surface area contributed by atoms with Gasteiger partial charge in [0, 0.05) is 43.7 Å². The lowest BCUT2D eigenvalue weighted by molar-refractivity contribution is -0.149. The molecule has 1 atom stereocenters. The van der Waals surface area contributed by atoms with Crippen molar-refractivity contribution in [1.82, 2.24) is 15.1 Å². The first kappa shape index (κ1) is 23.1. The fourth-order valence-electron chi connectivity index (χ4n) is 4.46. The summed E-state index contributed by atoms with van der Waals surface area (Å²) >= 11 is 0. The molecule has 1 aromatic carbocycles. The molecule has 7 heteroatoms. The Labute approximate surface area is 185 Å². The van der Waals surface area contributed by atoms with Crippen molar-refractivity contribution in [2.75, 3.05) is 32.8 Å². The Hall–Kier alpha value is -2.57. The Morgan fingerprint density at radius 1 is 1.10 bits per heavy atom. The number of amides is 3. The predicted octanol–water partition coefficient (Wildman–Crippen LogP) is 3.40. The number of esters is 1. The van der Waals surface area contributed by atoms with Crippen molar-refractivity contribution >= 4 is 17.9 Å². The van der Waals surface area contributed by atoms with E-state index in [4.69, 9.17) is 4.74 Å². The second kappa shape index (κ2) is 10.6. The fourth-order valence-corrected chi connectivity index (χ4v) is 4.46. The summed E-state index contributed by atoms with van der Waals surface area (Å²) in [6.07, 6.45) is 3.25. The molecule has 0 bridgehead atoms. The van der Waals surface area contributed by atoms with E-state index in [0.717, 1.165) is 24.9 Å². The molecule has 0 aliphatic carbocycles. The van der Waals surface area contributed by atoms with Gasteiger partial charge in [0.25, 0.3) is 5.91 Å². The average molecular weight is 430 g/mol. The van der Waals surface area contributed by atoms with Crippen molar-refractivity contribution in [2.24, 2.45) is 5.92 Å². The molecule has 3 rings (SSSR count). The number of urea groups is 1. The van der Waals surface area contributed by atoms with E-state index in [2.05, 4.69) is 11.4 Å². The second-order valence-corrected chi connectivity index (χ2v) is 8.83. The van der Waals surface area contributed by atoms with Gasteiger partial charge < -0.3 is 19.9 Å². The number of likely N-dealkylation sites (tertiary alicyclic amines) is 2. The van der Waals surface area contributed by atoms with E-state index in [1.165, 1.54) is 0 Å². The lowest BCUT2D eigenvalue weighted by Gasteiger charge is -2.34. The summed E-state index contributed by atoms with van der Waals surface area (Å²) < 4.78 is 5.12. The van der Waals surface area contributed by atoms with Gasteiger partial charge in [0.05, 0.1) is 12.5 Å². The summed E-state index contributed by atoms with van der Waals surface area (Å²) in [7, 11) is 0.